The van der Waals surface area contributed by atoms with E-state index < -0.39 is 5.54 Å². The molecule has 3 N–H and O–H groups in total. The monoisotopic (exact) mass is 446 g/mol. The zero-order valence-corrected chi connectivity index (χ0v) is 18.3. The van der Waals surface area contributed by atoms with Crippen molar-refractivity contribution in [2.45, 2.75) is 55.7 Å². The Labute approximate surface area is 184 Å². The molecule has 1 aromatic carbocycles. The van der Waals surface area contributed by atoms with Crippen LogP contribution in [0.1, 0.15) is 61.5 Å². The van der Waals surface area contributed by atoms with E-state index in [2.05, 4.69) is 15.3 Å². The van der Waals surface area contributed by atoms with E-state index in [1.54, 1.807) is 30.0 Å². The lowest BCUT2D eigenvalue weighted by atomic mass is 9.76. The highest BCUT2D eigenvalue weighted by Gasteiger charge is 2.46. The summed E-state index contributed by atoms with van der Waals surface area (Å²) in [6.07, 6.45) is 7.79. The van der Waals surface area contributed by atoms with Gasteiger partial charge in [0.25, 0.3) is 5.91 Å². The number of anilines is 1. The lowest BCUT2D eigenvalue weighted by molar-refractivity contribution is 0.102. The molecule has 158 valence electrons. The molecule has 1 atom stereocenters. The Morgan fingerprint density at radius 1 is 1.23 bits per heavy atom. The third-order valence-corrected chi connectivity index (χ3v) is 7.38. The molecule has 0 bridgehead atoms. The number of amidine groups is 1. The minimum atomic E-state index is -0.782. The van der Waals surface area contributed by atoms with Gasteiger partial charge in [-0.05, 0) is 56.5 Å². The highest BCUT2D eigenvalue weighted by Crippen LogP contribution is 2.52. The molecule has 0 saturated heterocycles. The van der Waals surface area contributed by atoms with Crippen molar-refractivity contribution in [1.82, 2.24) is 4.98 Å². The number of nitrogens with one attached hydrogen (secondary N) is 1. The van der Waals surface area contributed by atoms with Gasteiger partial charge in [0, 0.05) is 22.2 Å². The Morgan fingerprint density at radius 2 is 2.00 bits per heavy atom. The average molecular weight is 447 g/mol. The van der Waals surface area contributed by atoms with Crippen LogP contribution in [0.15, 0.2) is 41.5 Å². The van der Waals surface area contributed by atoms with Gasteiger partial charge in [0.2, 0.25) is 0 Å². The SMILES string of the molecule is CC1(c2cc(NC(=O)c3ccc(Cl)cn3)ccc2F)CC2(CCCCC2)SC(N)=N1. The summed E-state index contributed by atoms with van der Waals surface area (Å²) in [6.45, 7) is 1.93. The summed E-state index contributed by atoms with van der Waals surface area (Å²) >= 11 is 7.47. The summed E-state index contributed by atoms with van der Waals surface area (Å²) < 4.78 is 14.9. The number of aromatic nitrogens is 1. The van der Waals surface area contributed by atoms with Crippen molar-refractivity contribution in [2.24, 2.45) is 10.7 Å². The number of hydrogen-bond donors (Lipinski definition) is 2. The van der Waals surface area contributed by atoms with Gasteiger partial charge in [-0.15, -0.1) is 0 Å². The average Bonchev–Trinajstić information content (AvgIpc) is 2.69. The van der Waals surface area contributed by atoms with Crippen LogP contribution < -0.4 is 11.1 Å². The van der Waals surface area contributed by atoms with Crippen molar-refractivity contribution in [3.63, 3.8) is 0 Å². The van der Waals surface area contributed by atoms with E-state index in [1.165, 1.54) is 24.8 Å². The number of hydrogen-bond acceptors (Lipinski definition) is 5. The highest BCUT2D eigenvalue weighted by molar-refractivity contribution is 8.15. The number of nitrogens with zero attached hydrogens (tertiary/aromatic N) is 2. The molecule has 2 heterocycles. The summed E-state index contributed by atoms with van der Waals surface area (Å²) in [5, 5.41) is 3.74. The fourth-order valence-electron chi connectivity index (χ4n) is 4.54. The van der Waals surface area contributed by atoms with E-state index in [4.69, 9.17) is 17.3 Å². The molecule has 8 heteroatoms. The van der Waals surface area contributed by atoms with Crippen LogP contribution in [-0.4, -0.2) is 20.8 Å². The Balaban J connectivity index is 1.63. The Hall–Kier alpha value is -2.12. The topological polar surface area (TPSA) is 80.4 Å². The molecular weight excluding hydrogens is 423 g/mol. The van der Waals surface area contributed by atoms with Crippen molar-refractivity contribution >= 4 is 40.1 Å². The van der Waals surface area contributed by atoms with E-state index in [1.807, 2.05) is 6.92 Å². The fraction of sp³-hybridized carbons (Fsp3) is 0.409. The minimum Gasteiger partial charge on any atom is -0.378 e. The Morgan fingerprint density at radius 3 is 2.70 bits per heavy atom. The van der Waals surface area contributed by atoms with Crippen molar-refractivity contribution in [3.8, 4) is 0 Å². The number of halogens is 2. The van der Waals surface area contributed by atoms with Gasteiger partial charge < -0.3 is 11.1 Å². The second kappa shape index (κ2) is 8.19. The predicted molar refractivity (Wildman–Crippen MR) is 121 cm³/mol. The molecule has 2 aromatic rings. The van der Waals surface area contributed by atoms with Crippen molar-refractivity contribution < 1.29 is 9.18 Å². The summed E-state index contributed by atoms with van der Waals surface area (Å²) in [7, 11) is 0. The summed E-state index contributed by atoms with van der Waals surface area (Å²) in [4.78, 5) is 21.2. The number of amides is 1. The van der Waals surface area contributed by atoms with Gasteiger partial charge in [-0.3, -0.25) is 9.79 Å². The van der Waals surface area contributed by atoms with Gasteiger partial charge in [-0.1, -0.05) is 42.6 Å². The number of carbonyl (C=O) groups is 1. The molecule has 4 rings (SSSR count). The van der Waals surface area contributed by atoms with Crippen LogP contribution in [0.5, 0.6) is 0 Å². The molecule has 1 saturated carbocycles. The Bertz CT molecular complexity index is 991. The van der Waals surface area contributed by atoms with Crippen LogP contribution in [0, 0.1) is 5.82 Å². The first kappa shape index (κ1) is 21.1. The second-order valence-electron chi connectivity index (χ2n) is 8.26. The first-order valence-electron chi connectivity index (χ1n) is 10.1. The van der Waals surface area contributed by atoms with Crippen LogP contribution in [0.4, 0.5) is 10.1 Å². The van der Waals surface area contributed by atoms with Crippen LogP contribution in [0.25, 0.3) is 0 Å². The first-order chi connectivity index (χ1) is 14.3. The van der Waals surface area contributed by atoms with E-state index in [-0.39, 0.29) is 22.2 Å². The van der Waals surface area contributed by atoms with E-state index in [0.717, 1.165) is 32.1 Å². The molecule has 1 amide bonds. The van der Waals surface area contributed by atoms with Crippen molar-refractivity contribution in [2.75, 3.05) is 5.32 Å². The summed E-state index contributed by atoms with van der Waals surface area (Å²) in [5.41, 5.74) is 6.59. The second-order valence-corrected chi connectivity index (χ2v) is 10.2. The molecular formula is C22H24ClFN4OS. The quantitative estimate of drug-likeness (QED) is 0.652. The number of carbonyl (C=O) groups excluding carboxylic acids is 1. The van der Waals surface area contributed by atoms with E-state index in [0.29, 0.717) is 21.4 Å². The standard InChI is InChI=1S/C22H24ClFN4OS/c1-21(13-22(30-20(25)28-21)9-3-2-4-10-22)16-11-15(6-7-17(16)24)27-19(29)18-8-5-14(23)12-26-18/h5-8,11-12H,2-4,9-10,13H2,1H3,(H2,25,28)(H,27,29). The van der Waals surface area contributed by atoms with Crippen molar-refractivity contribution in [3.05, 3.63) is 58.6 Å². The van der Waals surface area contributed by atoms with Crippen LogP contribution in [0.3, 0.4) is 0 Å². The van der Waals surface area contributed by atoms with Gasteiger partial charge in [0.05, 0.1) is 10.6 Å². The molecule has 1 unspecified atom stereocenters. The van der Waals surface area contributed by atoms with Gasteiger partial charge in [-0.2, -0.15) is 0 Å². The van der Waals surface area contributed by atoms with Crippen LogP contribution >= 0.6 is 23.4 Å². The largest absolute Gasteiger partial charge is 0.378 e. The molecule has 1 aliphatic heterocycles. The lowest BCUT2D eigenvalue weighted by Gasteiger charge is -2.45. The van der Waals surface area contributed by atoms with Gasteiger partial charge in [-0.25, -0.2) is 9.37 Å². The zero-order valence-electron chi connectivity index (χ0n) is 16.8. The van der Waals surface area contributed by atoms with Gasteiger partial charge >= 0.3 is 0 Å². The molecule has 1 aromatic heterocycles. The number of aliphatic imine (C=N–C) groups is 1. The summed E-state index contributed by atoms with van der Waals surface area (Å²) in [5.74, 6) is -0.741. The number of benzene rings is 1. The molecule has 1 fully saturated rings. The lowest BCUT2D eigenvalue weighted by Crippen LogP contribution is -2.43. The van der Waals surface area contributed by atoms with E-state index in [9.17, 15) is 9.18 Å². The van der Waals surface area contributed by atoms with Crippen LogP contribution in [0.2, 0.25) is 5.02 Å². The minimum absolute atomic E-state index is 0.00223. The van der Waals surface area contributed by atoms with E-state index >= 15 is 0 Å². The van der Waals surface area contributed by atoms with Crippen LogP contribution in [-0.2, 0) is 5.54 Å². The molecule has 2 aliphatic rings. The molecule has 1 spiro atoms. The number of pyridine rings is 1. The number of nitrogens with two attached hydrogens (primary N) is 1. The molecule has 30 heavy (non-hydrogen) atoms. The van der Waals surface area contributed by atoms with Gasteiger partial charge in [0.15, 0.2) is 5.17 Å². The maximum Gasteiger partial charge on any atom is 0.274 e. The summed E-state index contributed by atoms with van der Waals surface area (Å²) in [6, 6.07) is 7.71. The molecule has 0 radical (unpaired) electrons. The third kappa shape index (κ3) is 4.32. The smallest absolute Gasteiger partial charge is 0.274 e. The molecule has 5 nitrogen and oxygen atoms in total. The molecule has 1 aliphatic carbocycles. The first-order valence-corrected chi connectivity index (χ1v) is 11.3. The predicted octanol–water partition coefficient (Wildman–Crippen LogP) is 5.50. The van der Waals surface area contributed by atoms with Gasteiger partial charge in [0.1, 0.15) is 11.5 Å². The number of rotatable bonds is 3. The third-order valence-electron chi connectivity index (χ3n) is 5.87. The van der Waals surface area contributed by atoms with Crippen molar-refractivity contribution in [1.29, 1.82) is 0 Å². The fourth-order valence-corrected chi connectivity index (χ4v) is 6.19. The zero-order chi connectivity index (χ0) is 21.4. The Kier molecular flexibility index (Phi) is 5.77. The normalized spacial score (nSPS) is 23.1. The maximum absolute atomic E-state index is 14.9. The maximum atomic E-state index is 14.9. The highest BCUT2D eigenvalue weighted by atomic mass is 35.5. The number of thioether (sulfide) groups is 1.